The van der Waals surface area contributed by atoms with Crippen LogP contribution in [0.4, 0.5) is 0 Å². The van der Waals surface area contributed by atoms with Crippen molar-refractivity contribution in [1.29, 1.82) is 0 Å². The van der Waals surface area contributed by atoms with Gasteiger partial charge in [0.1, 0.15) is 5.82 Å². The standard InChI is InChI=1S/C30H34N4O/c1-23(2)28(34(20-12-19-31)30(35)26-17-10-5-11-18-26)29-32-27(25-15-8-4-9-16-25)22-33(29)21-24-13-6-3-7-14-24/h3-11,13-18,22-23,28H,12,19-21,31H2,1-2H3/t28-/m1/s1. The summed E-state index contributed by atoms with van der Waals surface area (Å²) in [5, 5.41) is 0. The number of hydrogen-bond acceptors (Lipinski definition) is 3. The van der Waals surface area contributed by atoms with Crippen molar-refractivity contribution in [2.24, 2.45) is 11.7 Å². The van der Waals surface area contributed by atoms with Crippen LogP contribution in [0.2, 0.25) is 0 Å². The summed E-state index contributed by atoms with van der Waals surface area (Å²) >= 11 is 0. The fraction of sp³-hybridized carbons (Fsp3) is 0.267. The summed E-state index contributed by atoms with van der Waals surface area (Å²) in [4.78, 5) is 20.9. The molecule has 5 heteroatoms. The minimum Gasteiger partial charge on any atom is -0.330 e. The smallest absolute Gasteiger partial charge is 0.254 e. The summed E-state index contributed by atoms with van der Waals surface area (Å²) in [6.07, 6.45) is 2.84. The van der Waals surface area contributed by atoms with E-state index < -0.39 is 0 Å². The summed E-state index contributed by atoms with van der Waals surface area (Å²) in [6, 6.07) is 29.9. The zero-order valence-corrected chi connectivity index (χ0v) is 20.5. The molecule has 35 heavy (non-hydrogen) atoms. The molecule has 4 rings (SSSR count). The topological polar surface area (TPSA) is 64.2 Å². The van der Waals surface area contributed by atoms with Gasteiger partial charge in [0.15, 0.2) is 0 Å². The van der Waals surface area contributed by atoms with Gasteiger partial charge in [-0.2, -0.15) is 0 Å². The van der Waals surface area contributed by atoms with Gasteiger partial charge in [-0.25, -0.2) is 4.98 Å². The number of nitrogens with zero attached hydrogens (tertiary/aromatic N) is 3. The Morgan fingerprint density at radius 2 is 1.51 bits per heavy atom. The van der Waals surface area contributed by atoms with Crippen molar-refractivity contribution in [2.75, 3.05) is 13.1 Å². The van der Waals surface area contributed by atoms with Crippen LogP contribution in [0.3, 0.4) is 0 Å². The lowest BCUT2D eigenvalue weighted by Crippen LogP contribution is -2.40. The largest absolute Gasteiger partial charge is 0.330 e. The normalized spacial score (nSPS) is 12.0. The molecule has 0 aliphatic heterocycles. The Morgan fingerprint density at radius 1 is 0.914 bits per heavy atom. The molecule has 0 aliphatic carbocycles. The van der Waals surface area contributed by atoms with Crippen molar-refractivity contribution in [3.8, 4) is 11.3 Å². The predicted octanol–water partition coefficient (Wildman–Crippen LogP) is 5.79. The number of imidazole rings is 1. The molecule has 0 fully saturated rings. The van der Waals surface area contributed by atoms with Gasteiger partial charge < -0.3 is 15.2 Å². The van der Waals surface area contributed by atoms with Crippen molar-refractivity contribution >= 4 is 5.91 Å². The summed E-state index contributed by atoms with van der Waals surface area (Å²) in [6.45, 7) is 6.09. The first-order valence-electron chi connectivity index (χ1n) is 12.3. The van der Waals surface area contributed by atoms with Crippen LogP contribution in [0.15, 0.2) is 97.2 Å². The number of hydrogen-bond donors (Lipinski definition) is 1. The molecule has 1 heterocycles. The predicted molar refractivity (Wildman–Crippen MR) is 142 cm³/mol. The van der Waals surface area contributed by atoms with Gasteiger partial charge >= 0.3 is 0 Å². The van der Waals surface area contributed by atoms with E-state index in [-0.39, 0.29) is 17.9 Å². The molecular weight excluding hydrogens is 432 g/mol. The van der Waals surface area contributed by atoms with E-state index in [9.17, 15) is 4.79 Å². The maximum Gasteiger partial charge on any atom is 0.254 e. The van der Waals surface area contributed by atoms with Crippen molar-refractivity contribution in [3.63, 3.8) is 0 Å². The van der Waals surface area contributed by atoms with Crippen LogP contribution in [0, 0.1) is 5.92 Å². The molecule has 1 amide bonds. The Labute approximate surface area is 208 Å². The maximum absolute atomic E-state index is 13.8. The van der Waals surface area contributed by atoms with Gasteiger partial charge in [-0.05, 0) is 36.6 Å². The number of nitrogens with two attached hydrogens (primary N) is 1. The summed E-state index contributed by atoms with van der Waals surface area (Å²) in [7, 11) is 0. The lowest BCUT2D eigenvalue weighted by Gasteiger charge is -2.34. The van der Waals surface area contributed by atoms with Crippen LogP contribution < -0.4 is 5.73 Å². The number of carbonyl (C=O) groups excluding carboxylic acids is 1. The first-order chi connectivity index (χ1) is 17.1. The Hall–Kier alpha value is -3.70. The zero-order chi connectivity index (χ0) is 24.6. The van der Waals surface area contributed by atoms with Crippen molar-refractivity contribution in [1.82, 2.24) is 14.5 Å². The van der Waals surface area contributed by atoms with E-state index in [2.05, 4.69) is 61.0 Å². The molecule has 2 N–H and O–H groups in total. The molecule has 0 aliphatic rings. The summed E-state index contributed by atoms with van der Waals surface area (Å²) in [5.74, 6) is 1.05. The van der Waals surface area contributed by atoms with E-state index in [4.69, 9.17) is 10.7 Å². The van der Waals surface area contributed by atoms with Crippen molar-refractivity contribution in [3.05, 3.63) is 114 Å². The highest BCUT2D eigenvalue weighted by Crippen LogP contribution is 2.32. The van der Waals surface area contributed by atoms with E-state index >= 15 is 0 Å². The second kappa shape index (κ2) is 11.6. The Bertz CT molecular complexity index is 1200. The third kappa shape index (κ3) is 5.87. The molecule has 5 nitrogen and oxygen atoms in total. The van der Waals surface area contributed by atoms with E-state index in [1.165, 1.54) is 5.56 Å². The molecule has 1 atom stereocenters. The molecule has 3 aromatic carbocycles. The Morgan fingerprint density at radius 3 is 2.11 bits per heavy atom. The van der Waals surface area contributed by atoms with Crippen LogP contribution in [0.25, 0.3) is 11.3 Å². The third-order valence-electron chi connectivity index (χ3n) is 6.19. The molecule has 1 aromatic heterocycles. The van der Waals surface area contributed by atoms with E-state index in [0.29, 0.717) is 25.2 Å². The molecule has 0 saturated carbocycles. The number of carbonyl (C=O) groups is 1. The molecule has 0 bridgehead atoms. The van der Waals surface area contributed by atoms with Crippen LogP contribution in [0.1, 0.15) is 48.1 Å². The van der Waals surface area contributed by atoms with E-state index in [1.807, 2.05) is 59.5 Å². The summed E-state index contributed by atoms with van der Waals surface area (Å²) in [5.41, 5.74) is 9.73. The van der Waals surface area contributed by atoms with Gasteiger partial charge in [-0.1, -0.05) is 92.7 Å². The van der Waals surface area contributed by atoms with E-state index in [0.717, 1.165) is 23.5 Å². The molecule has 0 spiro atoms. The van der Waals surface area contributed by atoms with Gasteiger partial charge in [-0.15, -0.1) is 0 Å². The summed E-state index contributed by atoms with van der Waals surface area (Å²) < 4.78 is 2.20. The van der Waals surface area contributed by atoms with Crippen molar-refractivity contribution in [2.45, 2.75) is 32.9 Å². The number of benzene rings is 3. The van der Waals surface area contributed by atoms with Crippen molar-refractivity contribution < 1.29 is 4.79 Å². The van der Waals surface area contributed by atoms with Crippen LogP contribution in [-0.2, 0) is 6.54 Å². The van der Waals surface area contributed by atoms with Gasteiger partial charge in [0.2, 0.25) is 0 Å². The highest BCUT2D eigenvalue weighted by Gasteiger charge is 2.32. The average Bonchev–Trinajstić information content (AvgIpc) is 3.30. The fourth-order valence-electron chi connectivity index (χ4n) is 4.49. The minimum atomic E-state index is -0.199. The average molecular weight is 467 g/mol. The quantitative estimate of drug-likeness (QED) is 0.322. The van der Waals surface area contributed by atoms with Gasteiger partial charge in [0, 0.05) is 30.4 Å². The lowest BCUT2D eigenvalue weighted by atomic mass is 9.99. The highest BCUT2D eigenvalue weighted by molar-refractivity contribution is 5.94. The monoisotopic (exact) mass is 466 g/mol. The number of aromatic nitrogens is 2. The van der Waals surface area contributed by atoms with Gasteiger partial charge in [0.05, 0.1) is 11.7 Å². The Balaban J connectivity index is 1.81. The lowest BCUT2D eigenvalue weighted by molar-refractivity contribution is 0.0604. The second-order valence-electron chi connectivity index (χ2n) is 9.16. The van der Waals surface area contributed by atoms with E-state index in [1.54, 1.807) is 0 Å². The SMILES string of the molecule is CC(C)[C@H](c1nc(-c2ccccc2)cn1Cc1ccccc1)N(CCCN)C(=O)c1ccccc1. The molecule has 0 unspecified atom stereocenters. The molecule has 0 saturated heterocycles. The first kappa shape index (κ1) is 24.4. The van der Waals surface area contributed by atoms with Gasteiger partial charge in [0.25, 0.3) is 5.91 Å². The van der Waals surface area contributed by atoms with Gasteiger partial charge in [-0.3, -0.25) is 4.79 Å². The molecule has 0 radical (unpaired) electrons. The Kier molecular flexibility index (Phi) is 8.11. The van der Waals surface area contributed by atoms with Crippen LogP contribution in [0.5, 0.6) is 0 Å². The highest BCUT2D eigenvalue weighted by atomic mass is 16.2. The second-order valence-corrected chi connectivity index (χ2v) is 9.16. The van der Waals surface area contributed by atoms with Crippen LogP contribution in [-0.4, -0.2) is 33.4 Å². The minimum absolute atomic E-state index is 0.00766. The number of amides is 1. The molecular formula is C30H34N4O. The first-order valence-corrected chi connectivity index (χ1v) is 12.3. The molecule has 180 valence electrons. The zero-order valence-electron chi connectivity index (χ0n) is 20.5. The number of rotatable bonds is 10. The van der Waals surface area contributed by atoms with Crippen LogP contribution >= 0.6 is 0 Å². The fourth-order valence-corrected chi connectivity index (χ4v) is 4.49. The maximum atomic E-state index is 13.8. The third-order valence-corrected chi connectivity index (χ3v) is 6.19. The molecule has 4 aromatic rings.